The maximum Gasteiger partial charge on any atom is 0.406 e. The number of halogens is 3. The fraction of sp³-hybridized carbons (Fsp3) is 0.556. The van der Waals surface area contributed by atoms with Gasteiger partial charge in [-0.2, -0.15) is 13.2 Å². The highest BCUT2D eigenvalue weighted by atomic mass is 19.4. The van der Waals surface area contributed by atoms with E-state index < -0.39 is 11.7 Å². The molecule has 0 spiro atoms. The van der Waals surface area contributed by atoms with E-state index in [4.69, 9.17) is 9.47 Å². The molecule has 6 rings (SSSR count). The number of ether oxygens (including phenoxy) is 2. The SMILES string of the molecule is O=C(C1CCC(NC2(C(F)(F)F)CC2)CC1)N1Cc2cccnc2Nc2ccc(C3COCCO3)cc21. The Bertz CT molecular complexity index is 1160. The van der Waals surface area contributed by atoms with Crippen molar-refractivity contribution in [1.82, 2.24) is 10.3 Å². The molecule has 2 N–H and O–H groups in total. The minimum absolute atomic E-state index is 0.00637. The van der Waals surface area contributed by atoms with E-state index in [0.29, 0.717) is 57.9 Å². The number of hydrogen-bond acceptors (Lipinski definition) is 6. The lowest BCUT2D eigenvalue weighted by Gasteiger charge is -2.35. The average Bonchev–Trinajstić information content (AvgIpc) is 3.72. The summed E-state index contributed by atoms with van der Waals surface area (Å²) in [4.78, 5) is 20.2. The van der Waals surface area contributed by atoms with Crippen LogP contribution < -0.4 is 15.5 Å². The van der Waals surface area contributed by atoms with E-state index in [1.807, 2.05) is 30.3 Å². The third-order valence-corrected chi connectivity index (χ3v) is 8.09. The molecule has 7 nitrogen and oxygen atoms in total. The summed E-state index contributed by atoms with van der Waals surface area (Å²) in [6.07, 6.45) is -0.217. The van der Waals surface area contributed by atoms with Crippen LogP contribution in [0.2, 0.25) is 0 Å². The molecule has 198 valence electrons. The molecule has 3 fully saturated rings. The molecule has 0 radical (unpaired) electrons. The van der Waals surface area contributed by atoms with Gasteiger partial charge in [0.05, 0.1) is 37.7 Å². The summed E-state index contributed by atoms with van der Waals surface area (Å²) in [5, 5.41) is 6.26. The molecule has 4 aliphatic rings. The molecule has 2 aromatic rings. The predicted octanol–water partition coefficient (Wildman–Crippen LogP) is 5.00. The number of benzene rings is 1. The Labute approximate surface area is 213 Å². The van der Waals surface area contributed by atoms with Crippen molar-refractivity contribution in [2.75, 3.05) is 30.0 Å². The summed E-state index contributed by atoms with van der Waals surface area (Å²) in [7, 11) is 0. The second kappa shape index (κ2) is 9.56. The van der Waals surface area contributed by atoms with Crippen LogP contribution in [0.25, 0.3) is 0 Å². The largest absolute Gasteiger partial charge is 0.406 e. The van der Waals surface area contributed by atoms with Crippen LogP contribution in [0.3, 0.4) is 0 Å². The zero-order valence-corrected chi connectivity index (χ0v) is 20.5. The molecule has 1 aromatic carbocycles. The normalized spacial score (nSPS) is 26.9. The molecule has 2 aliphatic heterocycles. The van der Waals surface area contributed by atoms with Crippen molar-refractivity contribution >= 4 is 23.1 Å². The number of anilines is 3. The topological polar surface area (TPSA) is 75.7 Å². The maximum absolute atomic E-state index is 14.0. The van der Waals surface area contributed by atoms with Crippen molar-refractivity contribution in [2.24, 2.45) is 5.92 Å². The van der Waals surface area contributed by atoms with E-state index in [1.54, 1.807) is 11.1 Å². The van der Waals surface area contributed by atoms with Gasteiger partial charge < -0.3 is 25.0 Å². The van der Waals surface area contributed by atoms with Gasteiger partial charge in [-0.15, -0.1) is 0 Å². The zero-order chi connectivity index (χ0) is 25.6. The summed E-state index contributed by atoms with van der Waals surface area (Å²) in [6, 6.07) is 9.49. The van der Waals surface area contributed by atoms with Gasteiger partial charge in [-0.25, -0.2) is 4.98 Å². The zero-order valence-electron chi connectivity index (χ0n) is 20.5. The first-order chi connectivity index (χ1) is 17.8. The summed E-state index contributed by atoms with van der Waals surface area (Å²) >= 11 is 0. The highest BCUT2D eigenvalue weighted by Gasteiger charge is 2.63. The van der Waals surface area contributed by atoms with Gasteiger partial charge in [0.1, 0.15) is 17.5 Å². The predicted molar refractivity (Wildman–Crippen MR) is 132 cm³/mol. The first-order valence-corrected chi connectivity index (χ1v) is 13.0. The highest BCUT2D eigenvalue weighted by molar-refractivity contribution is 5.99. The molecule has 3 heterocycles. The van der Waals surface area contributed by atoms with E-state index in [9.17, 15) is 18.0 Å². The van der Waals surface area contributed by atoms with Crippen LogP contribution >= 0.6 is 0 Å². The van der Waals surface area contributed by atoms with Gasteiger partial charge in [0.15, 0.2) is 0 Å². The van der Waals surface area contributed by atoms with Crippen molar-refractivity contribution in [3.05, 3.63) is 47.7 Å². The maximum atomic E-state index is 14.0. The second-order valence-electron chi connectivity index (χ2n) is 10.5. The summed E-state index contributed by atoms with van der Waals surface area (Å²) in [5.41, 5.74) is 1.65. The van der Waals surface area contributed by atoms with Crippen LogP contribution in [0.5, 0.6) is 0 Å². The summed E-state index contributed by atoms with van der Waals surface area (Å²) < 4.78 is 51.7. The Balaban J connectivity index is 1.23. The fourth-order valence-electron chi connectivity index (χ4n) is 5.75. The van der Waals surface area contributed by atoms with Crippen LogP contribution in [0.4, 0.5) is 30.4 Å². The van der Waals surface area contributed by atoms with E-state index >= 15 is 0 Å². The van der Waals surface area contributed by atoms with Crippen molar-refractivity contribution in [2.45, 2.75) is 68.9 Å². The number of amides is 1. The Kier molecular flexibility index (Phi) is 6.37. The number of carbonyl (C=O) groups excluding carboxylic acids is 1. The van der Waals surface area contributed by atoms with Gasteiger partial charge in [0.25, 0.3) is 0 Å². The summed E-state index contributed by atoms with van der Waals surface area (Å²) in [5.74, 6) is 0.454. The van der Waals surface area contributed by atoms with Crippen LogP contribution in [0.15, 0.2) is 36.5 Å². The lowest BCUT2D eigenvalue weighted by atomic mass is 9.84. The number of carbonyl (C=O) groups is 1. The minimum atomic E-state index is -4.23. The van der Waals surface area contributed by atoms with Crippen LogP contribution in [-0.4, -0.2) is 48.5 Å². The second-order valence-corrected chi connectivity index (χ2v) is 10.5. The molecule has 1 amide bonds. The standard InChI is InChI=1S/C27H31F3N4O3/c28-27(29,30)26(9-10-26)33-20-6-3-17(4-7-20)25(35)34-15-19-2-1-11-31-24(19)32-21-8-5-18(14-22(21)34)23-16-36-12-13-37-23/h1-2,5,8,11,14,17,20,23,33H,3-4,6-7,9-10,12-13,15-16H2,(H,31,32). The number of alkyl halides is 3. The number of fused-ring (bicyclic) bond motifs is 2. The molecule has 0 bridgehead atoms. The summed E-state index contributed by atoms with van der Waals surface area (Å²) in [6.45, 7) is 1.91. The Hall–Kier alpha value is -2.69. The lowest BCUT2D eigenvalue weighted by molar-refractivity contribution is -0.168. The molecule has 1 aromatic heterocycles. The first kappa shape index (κ1) is 24.6. The third kappa shape index (κ3) is 4.82. The van der Waals surface area contributed by atoms with E-state index in [2.05, 4.69) is 15.6 Å². The van der Waals surface area contributed by atoms with Crippen LogP contribution in [0, 0.1) is 5.92 Å². The molecule has 10 heteroatoms. The number of nitrogens with one attached hydrogen (secondary N) is 2. The van der Waals surface area contributed by atoms with Gasteiger partial charge in [-0.05, 0) is 62.3 Å². The van der Waals surface area contributed by atoms with Crippen LogP contribution in [-0.2, 0) is 20.8 Å². The molecular formula is C27H31F3N4O3. The van der Waals surface area contributed by atoms with Crippen molar-refractivity contribution in [3.8, 4) is 0 Å². The van der Waals surface area contributed by atoms with Crippen molar-refractivity contribution in [1.29, 1.82) is 0 Å². The van der Waals surface area contributed by atoms with Gasteiger partial charge in [0.2, 0.25) is 5.91 Å². The van der Waals surface area contributed by atoms with Crippen LogP contribution in [0.1, 0.15) is 55.8 Å². The fourth-order valence-corrected chi connectivity index (χ4v) is 5.75. The molecule has 1 atom stereocenters. The van der Waals surface area contributed by atoms with Crippen molar-refractivity contribution < 1.29 is 27.4 Å². The number of hydrogen-bond donors (Lipinski definition) is 2. The number of rotatable bonds is 4. The van der Waals surface area contributed by atoms with Gasteiger partial charge in [0, 0.05) is 23.7 Å². The number of pyridine rings is 1. The first-order valence-electron chi connectivity index (χ1n) is 13.0. The van der Waals surface area contributed by atoms with Gasteiger partial charge >= 0.3 is 6.18 Å². The average molecular weight is 517 g/mol. The van der Waals surface area contributed by atoms with E-state index in [0.717, 1.165) is 22.5 Å². The Morgan fingerprint density at radius 3 is 2.65 bits per heavy atom. The molecular weight excluding hydrogens is 485 g/mol. The van der Waals surface area contributed by atoms with E-state index in [1.165, 1.54) is 0 Å². The Morgan fingerprint density at radius 2 is 1.95 bits per heavy atom. The minimum Gasteiger partial charge on any atom is -0.376 e. The quantitative estimate of drug-likeness (QED) is 0.596. The number of nitrogens with zero attached hydrogens (tertiary/aromatic N) is 2. The molecule has 2 saturated carbocycles. The van der Waals surface area contributed by atoms with Gasteiger partial charge in [-0.1, -0.05) is 12.1 Å². The molecule has 1 unspecified atom stereocenters. The molecule has 1 saturated heterocycles. The molecule has 37 heavy (non-hydrogen) atoms. The highest BCUT2D eigenvalue weighted by Crippen LogP contribution is 2.50. The molecule has 2 aliphatic carbocycles. The lowest BCUT2D eigenvalue weighted by Crippen LogP contribution is -2.51. The smallest absolute Gasteiger partial charge is 0.376 e. The van der Waals surface area contributed by atoms with Crippen molar-refractivity contribution in [3.63, 3.8) is 0 Å². The Morgan fingerprint density at radius 1 is 1.14 bits per heavy atom. The number of aromatic nitrogens is 1. The monoisotopic (exact) mass is 516 g/mol. The van der Waals surface area contributed by atoms with E-state index in [-0.39, 0.29) is 36.8 Å². The van der Waals surface area contributed by atoms with Gasteiger partial charge in [-0.3, -0.25) is 4.79 Å². The third-order valence-electron chi connectivity index (χ3n) is 8.09.